The van der Waals surface area contributed by atoms with Gasteiger partial charge in [0.2, 0.25) is 0 Å². The molecule has 2 aliphatic carbocycles. The SMILES string of the molecule is CCCc1ccc(-c2ccc(CCC3CCC(C4CCC(C)CC4)CC3)cc2)cc1. The summed E-state index contributed by atoms with van der Waals surface area (Å²) in [6, 6.07) is 18.5. The van der Waals surface area contributed by atoms with Gasteiger partial charge in [-0.25, -0.2) is 0 Å². The van der Waals surface area contributed by atoms with Gasteiger partial charge in [-0.05, 0) is 90.9 Å². The molecule has 0 bridgehead atoms. The van der Waals surface area contributed by atoms with Crippen LogP contribution in [0.5, 0.6) is 0 Å². The maximum absolute atomic E-state index is 2.45. The lowest BCUT2D eigenvalue weighted by Gasteiger charge is -2.37. The van der Waals surface area contributed by atoms with Gasteiger partial charge in [-0.15, -0.1) is 0 Å². The second-order valence-corrected chi connectivity index (χ2v) is 10.5. The molecule has 162 valence electrons. The van der Waals surface area contributed by atoms with E-state index in [-0.39, 0.29) is 0 Å². The summed E-state index contributed by atoms with van der Waals surface area (Å²) in [4.78, 5) is 0. The van der Waals surface area contributed by atoms with Gasteiger partial charge in [0.1, 0.15) is 0 Å². The monoisotopic (exact) mass is 402 g/mol. The second kappa shape index (κ2) is 10.7. The molecule has 0 aliphatic heterocycles. The first-order valence-electron chi connectivity index (χ1n) is 12.9. The van der Waals surface area contributed by atoms with E-state index in [1.165, 1.54) is 99.3 Å². The predicted octanol–water partition coefficient (Wildman–Crippen LogP) is 8.87. The highest BCUT2D eigenvalue weighted by Crippen LogP contribution is 2.42. The minimum atomic E-state index is 0.967. The summed E-state index contributed by atoms with van der Waals surface area (Å²) in [5, 5.41) is 0. The van der Waals surface area contributed by atoms with E-state index in [0.717, 1.165) is 23.7 Å². The van der Waals surface area contributed by atoms with Gasteiger partial charge in [-0.1, -0.05) is 94.5 Å². The van der Waals surface area contributed by atoms with Crippen LogP contribution in [0.15, 0.2) is 48.5 Å². The van der Waals surface area contributed by atoms with Gasteiger partial charge in [-0.3, -0.25) is 0 Å². The van der Waals surface area contributed by atoms with Crippen LogP contribution in [0.2, 0.25) is 0 Å². The third kappa shape index (κ3) is 5.77. The Morgan fingerprint density at radius 2 is 1.07 bits per heavy atom. The van der Waals surface area contributed by atoms with Gasteiger partial charge in [0, 0.05) is 0 Å². The van der Waals surface area contributed by atoms with Gasteiger partial charge in [0.25, 0.3) is 0 Å². The second-order valence-electron chi connectivity index (χ2n) is 10.5. The minimum Gasteiger partial charge on any atom is -0.0651 e. The third-order valence-electron chi connectivity index (χ3n) is 8.24. The quantitative estimate of drug-likeness (QED) is 0.434. The van der Waals surface area contributed by atoms with Crippen LogP contribution < -0.4 is 0 Å². The van der Waals surface area contributed by atoms with Crippen LogP contribution in [-0.4, -0.2) is 0 Å². The molecule has 0 atom stereocenters. The van der Waals surface area contributed by atoms with E-state index in [2.05, 4.69) is 62.4 Å². The summed E-state index contributed by atoms with van der Waals surface area (Å²) in [6.45, 7) is 4.69. The van der Waals surface area contributed by atoms with E-state index < -0.39 is 0 Å². The lowest BCUT2D eigenvalue weighted by atomic mass is 9.69. The van der Waals surface area contributed by atoms with E-state index in [0.29, 0.717) is 0 Å². The van der Waals surface area contributed by atoms with E-state index >= 15 is 0 Å². The summed E-state index contributed by atoms with van der Waals surface area (Å²) in [5.41, 5.74) is 5.66. The van der Waals surface area contributed by atoms with E-state index in [1.807, 2.05) is 0 Å². The summed E-state index contributed by atoms with van der Waals surface area (Å²) in [7, 11) is 0. The van der Waals surface area contributed by atoms with Crippen molar-refractivity contribution >= 4 is 0 Å². The molecule has 0 amide bonds. The Bertz CT molecular complexity index is 738. The maximum Gasteiger partial charge on any atom is -0.0184 e. The van der Waals surface area contributed by atoms with Crippen molar-refractivity contribution in [2.45, 2.75) is 90.9 Å². The Balaban J connectivity index is 1.22. The van der Waals surface area contributed by atoms with E-state index in [9.17, 15) is 0 Å². The molecule has 30 heavy (non-hydrogen) atoms. The number of hydrogen-bond acceptors (Lipinski definition) is 0. The smallest absolute Gasteiger partial charge is 0.0184 e. The first-order chi connectivity index (χ1) is 14.7. The molecule has 2 fully saturated rings. The van der Waals surface area contributed by atoms with Crippen LogP contribution in [-0.2, 0) is 12.8 Å². The fourth-order valence-electron chi connectivity index (χ4n) is 6.09. The Morgan fingerprint density at radius 3 is 1.57 bits per heavy atom. The Labute approximate surface area is 185 Å². The highest BCUT2D eigenvalue weighted by atomic mass is 14.3. The van der Waals surface area contributed by atoms with Crippen LogP contribution >= 0.6 is 0 Å². The van der Waals surface area contributed by atoms with Gasteiger partial charge < -0.3 is 0 Å². The highest BCUT2D eigenvalue weighted by Gasteiger charge is 2.29. The molecule has 0 spiro atoms. The zero-order valence-corrected chi connectivity index (χ0v) is 19.4. The normalized spacial score (nSPS) is 27.1. The first-order valence-corrected chi connectivity index (χ1v) is 12.9. The van der Waals surface area contributed by atoms with Crippen molar-refractivity contribution in [1.29, 1.82) is 0 Å². The molecule has 2 aromatic carbocycles. The predicted molar refractivity (Wildman–Crippen MR) is 131 cm³/mol. The molecule has 2 saturated carbocycles. The average Bonchev–Trinajstić information content (AvgIpc) is 2.80. The Morgan fingerprint density at radius 1 is 0.600 bits per heavy atom. The third-order valence-corrected chi connectivity index (χ3v) is 8.24. The summed E-state index contributed by atoms with van der Waals surface area (Å²) < 4.78 is 0. The van der Waals surface area contributed by atoms with E-state index in [1.54, 1.807) is 0 Å². The molecule has 0 radical (unpaired) electrons. The molecule has 0 heterocycles. The lowest BCUT2D eigenvalue weighted by Crippen LogP contribution is -2.25. The van der Waals surface area contributed by atoms with Crippen LogP contribution in [0.4, 0.5) is 0 Å². The Hall–Kier alpha value is -1.56. The summed E-state index contributed by atoms with van der Waals surface area (Å²) in [5.74, 6) is 4.07. The highest BCUT2D eigenvalue weighted by molar-refractivity contribution is 5.63. The molecule has 0 saturated heterocycles. The van der Waals surface area contributed by atoms with Crippen LogP contribution in [0.1, 0.15) is 89.2 Å². The number of hydrogen-bond donors (Lipinski definition) is 0. The van der Waals surface area contributed by atoms with Gasteiger partial charge in [0.05, 0.1) is 0 Å². The van der Waals surface area contributed by atoms with Crippen molar-refractivity contribution in [3.8, 4) is 11.1 Å². The first kappa shape index (κ1) is 21.7. The van der Waals surface area contributed by atoms with Gasteiger partial charge in [-0.2, -0.15) is 0 Å². The van der Waals surface area contributed by atoms with Gasteiger partial charge >= 0.3 is 0 Å². The van der Waals surface area contributed by atoms with Crippen LogP contribution in [0, 0.1) is 23.7 Å². The molecule has 0 unspecified atom stereocenters. The molecule has 0 heteroatoms. The van der Waals surface area contributed by atoms with Crippen molar-refractivity contribution in [3.05, 3.63) is 59.7 Å². The maximum atomic E-state index is 2.45. The molecule has 2 aromatic rings. The topological polar surface area (TPSA) is 0 Å². The Kier molecular flexibility index (Phi) is 7.69. The minimum absolute atomic E-state index is 0.967. The zero-order valence-electron chi connectivity index (χ0n) is 19.4. The standard InChI is InChI=1S/C30H42/c1-3-4-24-9-17-29(18-10-24)30-21-13-26(14-22-30)8-7-25-11-19-28(20-12-25)27-15-5-23(2)6-16-27/h9-10,13-14,17-18,21-23,25,27-28H,3-8,11-12,15-16,19-20H2,1-2H3. The fraction of sp³-hybridized carbons (Fsp3) is 0.600. The van der Waals surface area contributed by atoms with E-state index in [4.69, 9.17) is 0 Å². The summed E-state index contributed by atoms with van der Waals surface area (Å²) >= 11 is 0. The fourth-order valence-corrected chi connectivity index (χ4v) is 6.09. The molecular weight excluding hydrogens is 360 g/mol. The van der Waals surface area contributed by atoms with Crippen molar-refractivity contribution in [2.24, 2.45) is 23.7 Å². The lowest BCUT2D eigenvalue weighted by molar-refractivity contribution is 0.148. The van der Waals surface area contributed by atoms with Crippen molar-refractivity contribution in [1.82, 2.24) is 0 Å². The zero-order chi connectivity index (χ0) is 20.8. The van der Waals surface area contributed by atoms with Crippen LogP contribution in [0.3, 0.4) is 0 Å². The van der Waals surface area contributed by atoms with Crippen molar-refractivity contribution in [2.75, 3.05) is 0 Å². The molecule has 0 nitrogen and oxygen atoms in total. The number of rotatable bonds is 7. The molecule has 0 N–H and O–H groups in total. The van der Waals surface area contributed by atoms with Crippen molar-refractivity contribution < 1.29 is 0 Å². The summed E-state index contributed by atoms with van der Waals surface area (Å²) in [6.07, 6.45) is 17.1. The molecule has 0 aromatic heterocycles. The average molecular weight is 403 g/mol. The number of aryl methyl sites for hydroxylation is 2. The molecule has 4 rings (SSSR count). The molecule has 2 aliphatic rings. The van der Waals surface area contributed by atoms with Gasteiger partial charge in [0.15, 0.2) is 0 Å². The van der Waals surface area contributed by atoms with Crippen LogP contribution in [0.25, 0.3) is 11.1 Å². The molecular formula is C30H42. The van der Waals surface area contributed by atoms with Crippen molar-refractivity contribution in [3.63, 3.8) is 0 Å². The number of benzene rings is 2. The largest absolute Gasteiger partial charge is 0.0651 e.